The van der Waals surface area contributed by atoms with E-state index in [1.807, 2.05) is 0 Å². The molecular weight excluding hydrogens is 366 g/mol. The number of rotatable bonds is 6. The molecule has 9 nitrogen and oxygen atoms in total. The standard InChI is InChI=1S/C19H21N3O6/c20-17(25)13-7-3-4-8-14(13)21-15(23)10-28-16(24)9-22-18(26)11-5-1-2-6-12(11)19(22)27/h3-4,7-8,11-12H,1-2,5-6,9-10H2,(H2,20,25)(H,21,23)/t11-,12+. The number of esters is 1. The summed E-state index contributed by atoms with van der Waals surface area (Å²) in [5.41, 5.74) is 5.56. The molecule has 1 saturated carbocycles. The number of imide groups is 1. The van der Waals surface area contributed by atoms with Crippen molar-refractivity contribution in [3.05, 3.63) is 29.8 Å². The molecule has 1 aliphatic carbocycles. The van der Waals surface area contributed by atoms with Crippen molar-refractivity contribution >= 4 is 35.3 Å². The first-order valence-corrected chi connectivity index (χ1v) is 9.08. The van der Waals surface area contributed by atoms with E-state index in [-0.39, 0.29) is 34.9 Å². The minimum Gasteiger partial charge on any atom is -0.454 e. The second kappa shape index (κ2) is 8.20. The maximum atomic E-state index is 12.3. The number of carbonyl (C=O) groups excluding carboxylic acids is 5. The van der Waals surface area contributed by atoms with Crippen molar-refractivity contribution < 1.29 is 28.7 Å². The monoisotopic (exact) mass is 387 g/mol. The number of fused-ring (bicyclic) bond motifs is 1. The minimum atomic E-state index is -0.848. The predicted octanol–water partition coefficient (Wildman–Crippen LogP) is 0.442. The van der Waals surface area contributed by atoms with E-state index in [1.165, 1.54) is 12.1 Å². The molecule has 0 unspecified atom stereocenters. The summed E-state index contributed by atoms with van der Waals surface area (Å²) >= 11 is 0. The first-order chi connectivity index (χ1) is 13.4. The number of carbonyl (C=O) groups is 5. The normalized spacial score (nSPS) is 21.2. The van der Waals surface area contributed by atoms with Gasteiger partial charge in [0.2, 0.25) is 11.8 Å². The molecule has 3 N–H and O–H groups in total. The van der Waals surface area contributed by atoms with E-state index in [1.54, 1.807) is 12.1 Å². The molecule has 0 spiro atoms. The Labute approximate surface area is 161 Å². The lowest BCUT2D eigenvalue weighted by Crippen LogP contribution is -2.37. The van der Waals surface area contributed by atoms with Gasteiger partial charge in [-0.1, -0.05) is 25.0 Å². The number of amides is 4. The number of para-hydroxylation sites is 1. The quantitative estimate of drug-likeness (QED) is 0.537. The highest BCUT2D eigenvalue weighted by Gasteiger charge is 2.48. The van der Waals surface area contributed by atoms with Crippen LogP contribution in [0, 0.1) is 11.8 Å². The first-order valence-electron chi connectivity index (χ1n) is 9.08. The number of anilines is 1. The average Bonchev–Trinajstić information content (AvgIpc) is 2.92. The number of primary amides is 1. The molecular formula is C19H21N3O6. The molecule has 1 aliphatic heterocycles. The molecule has 1 aromatic rings. The van der Waals surface area contributed by atoms with Gasteiger partial charge in [-0.25, -0.2) is 0 Å². The summed E-state index contributed by atoms with van der Waals surface area (Å²) in [5, 5.41) is 2.43. The Balaban J connectivity index is 1.52. The summed E-state index contributed by atoms with van der Waals surface area (Å²) in [6.07, 6.45) is 3.10. The molecule has 4 amide bonds. The zero-order chi connectivity index (χ0) is 20.3. The van der Waals surface area contributed by atoms with E-state index in [0.29, 0.717) is 12.8 Å². The van der Waals surface area contributed by atoms with E-state index in [4.69, 9.17) is 10.5 Å². The van der Waals surface area contributed by atoms with Gasteiger partial charge in [0, 0.05) is 0 Å². The number of nitrogens with zero attached hydrogens (tertiary/aromatic N) is 1. The summed E-state index contributed by atoms with van der Waals surface area (Å²) in [4.78, 5) is 60.9. The molecule has 1 aromatic carbocycles. The summed E-state index contributed by atoms with van der Waals surface area (Å²) in [6, 6.07) is 6.15. The molecule has 0 aromatic heterocycles. The van der Waals surface area contributed by atoms with E-state index < -0.39 is 30.9 Å². The first kappa shape index (κ1) is 19.5. The van der Waals surface area contributed by atoms with E-state index in [0.717, 1.165) is 17.7 Å². The van der Waals surface area contributed by atoms with Gasteiger partial charge in [0.25, 0.3) is 11.8 Å². The van der Waals surface area contributed by atoms with Crippen LogP contribution in [-0.4, -0.2) is 47.6 Å². The SMILES string of the molecule is NC(=O)c1ccccc1NC(=O)COC(=O)CN1C(=O)[C@H]2CCCC[C@H]2C1=O. The van der Waals surface area contributed by atoms with Crippen LogP contribution < -0.4 is 11.1 Å². The molecule has 1 saturated heterocycles. The third kappa shape index (κ3) is 4.03. The molecule has 1 heterocycles. The van der Waals surface area contributed by atoms with Gasteiger partial charge >= 0.3 is 5.97 Å². The van der Waals surface area contributed by atoms with Crippen LogP contribution >= 0.6 is 0 Å². The van der Waals surface area contributed by atoms with Crippen LogP contribution in [0.5, 0.6) is 0 Å². The fourth-order valence-corrected chi connectivity index (χ4v) is 3.70. The van der Waals surface area contributed by atoms with Crippen molar-refractivity contribution in [3.8, 4) is 0 Å². The number of likely N-dealkylation sites (tertiary alicyclic amines) is 1. The second-order valence-electron chi connectivity index (χ2n) is 6.88. The summed E-state index contributed by atoms with van der Waals surface area (Å²) in [5.74, 6) is -3.60. The highest BCUT2D eigenvalue weighted by atomic mass is 16.5. The van der Waals surface area contributed by atoms with E-state index in [2.05, 4.69) is 5.32 Å². The Hall–Kier alpha value is -3.23. The van der Waals surface area contributed by atoms with Crippen molar-refractivity contribution in [2.45, 2.75) is 25.7 Å². The fraction of sp³-hybridized carbons (Fsp3) is 0.421. The summed E-state index contributed by atoms with van der Waals surface area (Å²) in [6.45, 7) is -1.12. The van der Waals surface area contributed by atoms with Crippen molar-refractivity contribution in [2.75, 3.05) is 18.5 Å². The number of nitrogens with two attached hydrogens (primary N) is 1. The molecule has 2 atom stereocenters. The lowest BCUT2D eigenvalue weighted by atomic mass is 9.81. The van der Waals surface area contributed by atoms with E-state index in [9.17, 15) is 24.0 Å². The Bertz CT molecular complexity index is 813. The zero-order valence-corrected chi connectivity index (χ0v) is 15.2. The predicted molar refractivity (Wildman–Crippen MR) is 96.7 cm³/mol. The highest BCUT2D eigenvalue weighted by molar-refractivity contribution is 6.07. The molecule has 0 radical (unpaired) electrons. The van der Waals surface area contributed by atoms with Gasteiger partial charge in [-0.2, -0.15) is 0 Å². The number of nitrogens with one attached hydrogen (secondary N) is 1. The molecule has 2 fully saturated rings. The van der Waals surface area contributed by atoms with Crippen LogP contribution in [0.1, 0.15) is 36.0 Å². The Morgan fingerprint density at radius 2 is 1.68 bits per heavy atom. The van der Waals surface area contributed by atoms with Crippen LogP contribution in [-0.2, 0) is 23.9 Å². The maximum absolute atomic E-state index is 12.3. The molecule has 9 heteroatoms. The van der Waals surface area contributed by atoms with Crippen molar-refractivity contribution in [1.82, 2.24) is 4.90 Å². The van der Waals surface area contributed by atoms with Crippen LogP contribution in [0.3, 0.4) is 0 Å². The smallest absolute Gasteiger partial charge is 0.326 e. The van der Waals surface area contributed by atoms with Crippen LogP contribution in [0.15, 0.2) is 24.3 Å². The van der Waals surface area contributed by atoms with Crippen molar-refractivity contribution in [1.29, 1.82) is 0 Å². The maximum Gasteiger partial charge on any atom is 0.326 e. The van der Waals surface area contributed by atoms with Gasteiger partial charge in [-0.15, -0.1) is 0 Å². The van der Waals surface area contributed by atoms with Gasteiger partial charge in [0.05, 0.1) is 23.1 Å². The number of benzene rings is 1. The van der Waals surface area contributed by atoms with Gasteiger partial charge in [0.1, 0.15) is 6.54 Å². The minimum absolute atomic E-state index is 0.123. The zero-order valence-electron chi connectivity index (χ0n) is 15.2. The Morgan fingerprint density at radius 1 is 1.07 bits per heavy atom. The van der Waals surface area contributed by atoms with Gasteiger partial charge in [0.15, 0.2) is 6.61 Å². The highest BCUT2D eigenvalue weighted by Crippen LogP contribution is 2.37. The molecule has 148 valence electrons. The molecule has 28 heavy (non-hydrogen) atoms. The number of hydrogen-bond acceptors (Lipinski definition) is 6. The Morgan fingerprint density at radius 3 is 2.29 bits per heavy atom. The number of ether oxygens (including phenoxy) is 1. The number of hydrogen-bond donors (Lipinski definition) is 2. The largest absolute Gasteiger partial charge is 0.454 e. The molecule has 2 aliphatic rings. The van der Waals surface area contributed by atoms with Crippen LogP contribution in [0.25, 0.3) is 0 Å². The third-order valence-corrected chi connectivity index (χ3v) is 5.05. The van der Waals surface area contributed by atoms with Gasteiger partial charge in [-0.3, -0.25) is 28.9 Å². The fourth-order valence-electron chi connectivity index (χ4n) is 3.70. The van der Waals surface area contributed by atoms with Crippen LogP contribution in [0.4, 0.5) is 5.69 Å². The average molecular weight is 387 g/mol. The molecule has 0 bridgehead atoms. The summed E-state index contributed by atoms with van der Waals surface area (Å²) < 4.78 is 4.88. The van der Waals surface area contributed by atoms with Crippen LogP contribution in [0.2, 0.25) is 0 Å². The third-order valence-electron chi connectivity index (χ3n) is 5.05. The van der Waals surface area contributed by atoms with Crippen molar-refractivity contribution in [2.24, 2.45) is 17.6 Å². The van der Waals surface area contributed by atoms with E-state index >= 15 is 0 Å². The second-order valence-corrected chi connectivity index (χ2v) is 6.88. The summed E-state index contributed by atoms with van der Waals surface area (Å²) in [7, 11) is 0. The van der Waals surface area contributed by atoms with Gasteiger partial charge < -0.3 is 15.8 Å². The lowest BCUT2D eigenvalue weighted by Gasteiger charge is -2.19. The lowest BCUT2D eigenvalue weighted by molar-refractivity contribution is -0.154. The molecule has 3 rings (SSSR count). The van der Waals surface area contributed by atoms with Gasteiger partial charge in [-0.05, 0) is 25.0 Å². The van der Waals surface area contributed by atoms with Crippen molar-refractivity contribution in [3.63, 3.8) is 0 Å². The topological polar surface area (TPSA) is 136 Å². The Kier molecular flexibility index (Phi) is 5.72.